The molecule has 3 heterocycles. The maximum atomic E-state index is 12.9. The number of amides is 2. The van der Waals surface area contributed by atoms with Crippen molar-refractivity contribution in [3.8, 4) is 0 Å². The molecule has 1 aliphatic heterocycles. The average Bonchev–Trinajstić information content (AvgIpc) is 3.29. The van der Waals surface area contributed by atoms with Crippen molar-refractivity contribution >= 4 is 38.0 Å². The lowest BCUT2D eigenvalue weighted by atomic mass is 10.2. The van der Waals surface area contributed by atoms with E-state index in [1.165, 1.54) is 17.6 Å². The second kappa shape index (κ2) is 7.24. The van der Waals surface area contributed by atoms with E-state index in [0.29, 0.717) is 22.8 Å². The second-order valence-corrected chi connectivity index (χ2v) is 9.48. The Bertz CT molecular complexity index is 915. The van der Waals surface area contributed by atoms with Crippen LogP contribution in [0.5, 0.6) is 0 Å². The molecule has 2 aromatic heterocycles. The first-order valence-corrected chi connectivity index (χ1v) is 10.9. The minimum atomic E-state index is -3.07. The van der Waals surface area contributed by atoms with Crippen molar-refractivity contribution in [3.63, 3.8) is 0 Å². The van der Waals surface area contributed by atoms with Crippen molar-refractivity contribution in [1.29, 1.82) is 0 Å². The molecule has 0 aliphatic carbocycles. The molecule has 9 heteroatoms. The molecule has 0 bridgehead atoms. The van der Waals surface area contributed by atoms with Gasteiger partial charge in [-0.05, 0) is 44.0 Å². The summed E-state index contributed by atoms with van der Waals surface area (Å²) in [5.74, 6) is -0.260. The van der Waals surface area contributed by atoms with Crippen LogP contribution >= 0.6 is 11.3 Å². The molecule has 1 atom stereocenters. The predicted molar refractivity (Wildman–Crippen MR) is 99.5 cm³/mol. The Hall–Kier alpha value is -2.13. The summed E-state index contributed by atoms with van der Waals surface area (Å²) >= 11 is 1.18. The molecule has 0 aromatic carbocycles. The fourth-order valence-corrected chi connectivity index (χ4v) is 5.81. The van der Waals surface area contributed by atoms with Gasteiger partial charge in [-0.3, -0.25) is 9.59 Å². The maximum absolute atomic E-state index is 12.9. The fourth-order valence-electron chi connectivity index (χ4n) is 3.06. The van der Waals surface area contributed by atoms with E-state index < -0.39 is 9.84 Å². The highest BCUT2D eigenvalue weighted by molar-refractivity contribution is 7.91. The minimum Gasteiger partial charge on any atom is -0.459 e. The van der Waals surface area contributed by atoms with Crippen molar-refractivity contribution in [1.82, 2.24) is 4.90 Å². The SMILES string of the molecule is CCN(C(=O)c1sc(NC(=O)c2ccco2)cc1C)C1CCS(=O)(=O)C1. The number of carbonyl (C=O) groups is 2. The summed E-state index contributed by atoms with van der Waals surface area (Å²) in [5, 5.41) is 3.26. The molecular weight excluding hydrogens is 376 g/mol. The number of aryl methyl sites for hydroxylation is 1. The standard InChI is InChI=1S/C17H20N2O5S2/c1-3-19(12-6-8-26(22,23)10-12)17(21)15-11(2)9-14(25-15)18-16(20)13-5-4-7-24-13/h4-5,7,9,12H,3,6,8,10H2,1-2H3,(H,18,20). The van der Waals surface area contributed by atoms with Crippen LogP contribution in [0, 0.1) is 6.92 Å². The third-order valence-corrected chi connectivity index (χ3v) is 7.24. The zero-order valence-corrected chi connectivity index (χ0v) is 16.2. The van der Waals surface area contributed by atoms with E-state index in [-0.39, 0.29) is 35.1 Å². The molecule has 1 aliphatic rings. The van der Waals surface area contributed by atoms with Gasteiger partial charge in [-0.2, -0.15) is 0 Å². The van der Waals surface area contributed by atoms with Crippen molar-refractivity contribution < 1.29 is 22.4 Å². The van der Waals surface area contributed by atoms with Crippen LogP contribution in [0.25, 0.3) is 0 Å². The van der Waals surface area contributed by atoms with Gasteiger partial charge in [0.15, 0.2) is 15.6 Å². The molecule has 0 spiro atoms. The monoisotopic (exact) mass is 396 g/mol. The summed E-state index contributed by atoms with van der Waals surface area (Å²) in [6.07, 6.45) is 1.88. The van der Waals surface area contributed by atoms with E-state index in [1.807, 2.05) is 6.92 Å². The van der Waals surface area contributed by atoms with Crippen LogP contribution in [0.2, 0.25) is 0 Å². The molecule has 1 N–H and O–H groups in total. The highest BCUT2D eigenvalue weighted by atomic mass is 32.2. The smallest absolute Gasteiger partial charge is 0.291 e. The summed E-state index contributed by atoms with van der Waals surface area (Å²) in [7, 11) is -3.07. The first-order chi connectivity index (χ1) is 12.3. The third-order valence-electron chi connectivity index (χ3n) is 4.34. The van der Waals surface area contributed by atoms with Crippen LogP contribution in [0.3, 0.4) is 0 Å². The van der Waals surface area contributed by atoms with Crippen LogP contribution in [0.15, 0.2) is 28.9 Å². The average molecular weight is 396 g/mol. The Morgan fingerprint density at radius 1 is 1.42 bits per heavy atom. The van der Waals surface area contributed by atoms with Gasteiger partial charge >= 0.3 is 0 Å². The molecule has 0 radical (unpaired) electrons. The lowest BCUT2D eigenvalue weighted by molar-refractivity contribution is 0.0712. The van der Waals surface area contributed by atoms with E-state index in [1.54, 1.807) is 30.0 Å². The van der Waals surface area contributed by atoms with Crippen molar-refractivity contribution in [3.05, 3.63) is 40.7 Å². The Balaban J connectivity index is 1.77. The highest BCUT2D eigenvalue weighted by Crippen LogP contribution is 2.30. The molecular formula is C17H20N2O5S2. The van der Waals surface area contributed by atoms with Crippen LogP contribution in [0.1, 0.15) is 39.1 Å². The Morgan fingerprint density at radius 2 is 2.19 bits per heavy atom. The lowest BCUT2D eigenvalue weighted by Crippen LogP contribution is -2.40. The van der Waals surface area contributed by atoms with E-state index in [9.17, 15) is 18.0 Å². The van der Waals surface area contributed by atoms with E-state index in [4.69, 9.17) is 4.42 Å². The van der Waals surface area contributed by atoms with Crippen molar-refractivity contribution in [2.45, 2.75) is 26.3 Å². The van der Waals surface area contributed by atoms with Gasteiger partial charge < -0.3 is 14.6 Å². The zero-order chi connectivity index (χ0) is 18.9. The molecule has 1 saturated heterocycles. The number of anilines is 1. The molecule has 1 fully saturated rings. The Morgan fingerprint density at radius 3 is 2.77 bits per heavy atom. The summed E-state index contributed by atoms with van der Waals surface area (Å²) in [6, 6.07) is 4.62. The Kier molecular flexibility index (Phi) is 5.19. The molecule has 7 nitrogen and oxygen atoms in total. The number of thiophene rings is 1. The van der Waals surface area contributed by atoms with Gasteiger partial charge in [0.25, 0.3) is 11.8 Å². The summed E-state index contributed by atoms with van der Waals surface area (Å²) in [5.41, 5.74) is 0.744. The van der Waals surface area contributed by atoms with Gasteiger partial charge in [-0.1, -0.05) is 0 Å². The van der Waals surface area contributed by atoms with E-state index in [2.05, 4.69) is 5.32 Å². The van der Waals surface area contributed by atoms with Crippen LogP contribution in [-0.4, -0.2) is 49.2 Å². The van der Waals surface area contributed by atoms with Crippen LogP contribution in [-0.2, 0) is 9.84 Å². The molecule has 2 amide bonds. The Labute approximate surface area is 155 Å². The van der Waals surface area contributed by atoms with Gasteiger partial charge in [-0.15, -0.1) is 11.3 Å². The van der Waals surface area contributed by atoms with E-state index in [0.717, 1.165) is 5.56 Å². The van der Waals surface area contributed by atoms with E-state index >= 15 is 0 Å². The van der Waals surface area contributed by atoms with Crippen molar-refractivity contribution in [2.75, 3.05) is 23.4 Å². The number of nitrogens with zero attached hydrogens (tertiary/aromatic N) is 1. The van der Waals surface area contributed by atoms with Gasteiger partial charge in [0, 0.05) is 12.6 Å². The number of rotatable bonds is 5. The second-order valence-electron chi connectivity index (χ2n) is 6.20. The topological polar surface area (TPSA) is 96.7 Å². The minimum absolute atomic E-state index is 0.0130. The quantitative estimate of drug-likeness (QED) is 0.838. The highest BCUT2D eigenvalue weighted by Gasteiger charge is 2.35. The number of hydrogen-bond donors (Lipinski definition) is 1. The normalized spacial score (nSPS) is 18.6. The molecule has 2 aromatic rings. The first-order valence-electron chi connectivity index (χ1n) is 8.27. The van der Waals surface area contributed by atoms with Gasteiger partial charge in [0.05, 0.1) is 27.6 Å². The molecule has 0 saturated carbocycles. The first kappa shape index (κ1) is 18.7. The number of sulfone groups is 1. The van der Waals surface area contributed by atoms with Gasteiger partial charge in [0.1, 0.15) is 0 Å². The van der Waals surface area contributed by atoms with Crippen LogP contribution < -0.4 is 5.32 Å². The molecule has 26 heavy (non-hydrogen) atoms. The fraction of sp³-hybridized carbons (Fsp3) is 0.412. The zero-order valence-electron chi connectivity index (χ0n) is 14.5. The van der Waals surface area contributed by atoms with Crippen molar-refractivity contribution in [2.24, 2.45) is 0 Å². The molecule has 1 unspecified atom stereocenters. The predicted octanol–water partition coefficient (Wildman–Crippen LogP) is 2.55. The number of nitrogens with one attached hydrogen (secondary N) is 1. The van der Waals surface area contributed by atoms with Gasteiger partial charge in [0.2, 0.25) is 0 Å². The van der Waals surface area contributed by atoms with Crippen LogP contribution in [0.4, 0.5) is 5.00 Å². The summed E-state index contributed by atoms with van der Waals surface area (Å²) in [4.78, 5) is 27.1. The summed E-state index contributed by atoms with van der Waals surface area (Å²) < 4.78 is 28.5. The lowest BCUT2D eigenvalue weighted by Gasteiger charge is -2.26. The van der Waals surface area contributed by atoms with Gasteiger partial charge in [-0.25, -0.2) is 8.42 Å². The maximum Gasteiger partial charge on any atom is 0.291 e. The summed E-state index contributed by atoms with van der Waals surface area (Å²) in [6.45, 7) is 4.07. The number of furan rings is 1. The molecule has 140 valence electrons. The largest absolute Gasteiger partial charge is 0.459 e. The third kappa shape index (κ3) is 3.83. The molecule has 3 rings (SSSR count). The number of hydrogen-bond acceptors (Lipinski definition) is 6. The number of carbonyl (C=O) groups excluding carboxylic acids is 2.